The molecule has 0 amide bonds. The maximum atomic E-state index is 9.70. The minimum atomic E-state index is 0.198. The topological polar surface area (TPSA) is 54.4 Å². The van der Waals surface area contributed by atoms with Crippen molar-refractivity contribution in [1.29, 1.82) is 0 Å². The molecule has 3 rings (SSSR count). The first-order valence-electron chi connectivity index (χ1n) is 11.7. The molecule has 1 heterocycles. The van der Waals surface area contributed by atoms with Gasteiger partial charge in [0, 0.05) is 63.1 Å². The van der Waals surface area contributed by atoms with Gasteiger partial charge >= 0.3 is 0 Å². The van der Waals surface area contributed by atoms with Gasteiger partial charge in [-0.05, 0) is 44.0 Å². The zero-order valence-corrected chi connectivity index (χ0v) is 19.8. The fraction of sp³-hybridized carbons (Fsp3) is 0.538. The molecule has 176 valence electrons. The zero-order valence-electron chi connectivity index (χ0n) is 19.8. The third kappa shape index (κ3) is 6.69. The van der Waals surface area contributed by atoms with Crippen molar-refractivity contribution in [2.45, 2.75) is 46.0 Å². The SMILES string of the molecule is CCOCc1cc(CN2CCN(Cc3ccccc3OCC)[C@@H](CCO)C2)ccc1OC. The molecule has 0 aliphatic carbocycles. The smallest absolute Gasteiger partial charge is 0.124 e. The summed E-state index contributed by atoms with van der Waals surface area (Å²) in [6.45, 7) is 10.7. The summed E-state index contributed by atoms with van der Waals surface area (Å²) in [5.74, 6) is 1.83. The normalized spacial score (nSPS) is 17.4. The molecular formula is C26H38N2O4. The molecule has 32 heavy (non-hydrogen) atoms. The van der Waals surface area contributed by atoms with Gasteiger partial charge in [0.25, 0.3) is 0 Å². The maximum Gasteiger partial charge on any atom is 0.124 e. The van der Waals surface area contributed by atoms with Crippen LogP contribution in [0.2, 0.25) is 0 Å². The molecule has 0 radical (unpaired) electrons. The lowest BCUT2D eigenvalue weighted by Crippen LogP contribution is -2.52. The highest BCUT2D eigenvalue weighted by molar-refractivity contribution is 5.37. The number of benzene rings is 2. The number of nitrogens with zero attached hydrogens (tertiary/aromatic N) is 2. The Labute approximate surface area is 192 Å². The lowest BCUT2D eigenvalue weighted by Gasteiger charge is -2.41. The highest BCUT2D eigenvalue weighted by Gasteiger charge is 2.27. The van der Waals surface area contributed by atoms with Crippen LogP contribution in [0, 0.1) is 0 Å². The Kier molecular flexibility index (Phi) is 9.81. The van der Waals surface area contributed by atoms with E-state index in [-0.39, 0.29) is 6.61 Å². The highest BCUT2D eigenvalue weighted by atomic mass is 16.5. The number of methoxy groups -OCH3 is 1. The second kappa shape index (κ2) is 12.8. The fourth-order valence-corrected chi connectivity index (χ4v) is 4.39. The molecule has 1 N–H and O–H groups in total. The molecule has 1 atom stereocenters. The molecule has 0 unspecified atom stereocenters. The minimum absolute atomic E-state index is 0.198. The van der Waals surface area contributed by atoms with Crippen molar-refractivity contribution in [1.82, 2.24) is 9.80 Å². The zero-order chi connectivity index (χ0) is 22.8. The highest BCUT2D eigenvalue weighted by Crippen LogP contribution is 2.25. The van der Waals surface area contributed by atoms with Crippen LogP contribution >= 0.6 is 0 Å². The number of hydrogen-bond donors (Lipinski definition) is 1. The summed E-state index contributed by atoms with van der Waals surface area (Å²) < 4.78 is 16.9. The third-order valence-corrected chi connectivity index (χ3v) is 6.01. The average molecular weight is 443 g/mol. The summed E-state index contributed by atoms with van der Waals surface area (Å²) in [6.07, 6.45) is 0.769. The molecule has 2 aromatic rings. The molecule has 0 saturated carbocycles. The molecule has 1 aliphatic heterocycles. The van der Waals surface area contributed by atoms with Crippen molar-refractivity contribution >= 4 is 0 Å². The predicted octanol–water partition coefficient (Wildman–Crippen LogP) is 3.70. The van der Waals surface area contributed by atoms with E-state index in [9.17, 15) is 5.11 Å². The lowest BCUT2D eigenvalue weighted by atomic mass is 10.0. The van der Waals surface area contributed by atoms with E-state index in [2.05, 4.69) is 34.1 Å². The summed E-state index contributed by atoms with van der Waals surface area (Å²) in [6, 6.07) is 15.0. The molecular weight excluding hydrogens is 404 g/mol. The van der Waals surface area contributed by atoms with E-state index in [1.807, 2.05) is 32.0 Å². The van der Waals surface area contributed by atoms with Crippen LogP contribution in [0.1, 0.15) is 37.0 Å². The van der Waals surface area contributed by atoms with Gasteiger partial charge < -0.3 is 19.3 Å². The summed E-state index contributed by atoms with van der Waals surface area (Å²) >= 11 is 0. The van der Waals surface area contributed by atoms with Crippen molar-refractivity contribution in [2.24, 2.45) is 0 Å². The van der Waals surface area contributed by atoms with Gasteiger partial charge in [0.1, 0.15) is 11.5 Å². The van der Waals surface area contributed by atoms with Crippen LogP contribution < -0.4 is 9.47 Å². The van der Waals surface area contributed by atoms with E-state index in [0.717, 1.165) is 56.2 Å². The Hall–Kier alpha value is -2.12. The van der Waals surface area contributed by atoms with E-state index in [4.69, 9.17) is 14.2 Å². The van der Waals surface area contributed by atoms with Crippen molar-refractivity contribution in [3.8, 4) is 11.5 Å². The molecule has 1 saturated heterocycles. The Morgan fingerprint density at radius 3 is 2.56 bits per heavy atom. The Balaban J connectivity index is 1.66. The van der Waals surface area contributed by atoms with Crippen molar-refractivity contribution < 1.29 is 19.3 Å². The first kappa shape index (κ1) is 24.5. The van der Waals surface area contributed by atoms with E-state index in [1.54, 1.807) is 7.11 Å². The second-order valence-electron chi connectivity index (χ2n) is 8.20. The van der Waals surface area contributed by atoms with E-state index in [1.165, 1.54) is 11.1 Å². The van der Waals surface area contributed by atoms with Gasteiger partial charge in [0.15, 0.2) is 0 Å². The number of piperazine rings is 1. The van der Waals surface area contributed by atoms with Gasteiger partial charge in [-0.2, -0.15) is 0 Å². The van der Waals surface area contributed by atoms with Crippen LogP contribution in [0.25, 0.3) is 0 Å². The van der Waals surface area contributed by atoms with Crippen molar-refractivity contribution in [2.75, 3.05) is 46.6 Å². The third-order valence-electron chi connectivity index (χ3n) is 6.01. The van der Waals surface area contributed by atoms with Crippen LogP contribution in [-0.4, -0.2) is 67.5 Å². The van der Waals surface area contributed by atoms with Crippen LogP contribution in [-0.2, 0) is 24.4 Å². The van der Waals surface area contributed by atoms with Gasteiger partial charge in [0.2, 0.25) is 0 Å². The summed E-state index contributed by atoms with van der Waals surface area (Å²) in [7, 11) is 1.70. The van der Waals surface area contributed by atoms with E-state index in [0.29, 0.717) is 25.9 Å². The monoisotopic (exact) mass is 442 g/mol. The molecule has 0 bridgehead atoms. The quantitative estimate of drug-likeness (QED) is 0.541. The number of aliphatic hydroxyl groups excluding tert-OH is 1. The summed E-state index contributed by atoms with van der Waals surface area (Å²) in [5, 5.41) is 9.70. The van der Waals surface area contributed by atoms with E-state index >= 15 is 0 Å². The van der Waals surface area contributed by atoms with Gasteiger partial charge in [-0.3, -0.25) is 9.80 Å². The van der Waals surface area contributed by atoms with Crippen molar-refractivity contribution in [3.05, 3.63) is 59.2 Å². The molecule has 0 spiro atoms. The fourth-order valence-electron chi connectivity index (χ4n) is 4.39. The van der Waals surface area contributed by atoms with E-state index < -0.39 is 0 Å². The predicted molar refractivity (Wildman–Crippen MR) is 127 cm³/mol. The molecule has 6 nitrogen and oxygen atoms in total. The lowest BCUT2D eigenvalue weighted by molar-refractivity contribution is 0.0493. The van der Waals surface area contributed by atoms with Gasteiger partial charge in [-0.1, -0.05) is 24.3 Å². The van der Waals surface area contributed by atoms with Gasteiger partial charge in [-0.25, -0.2) is 0 Å². The minimum Gasteiger partial charge on any atom is -0.496 e. The summed E-state index contributed by atoms with van der Waals surface area (Å²) in [4.78, 5) is 4.97. The number of aliphatic hydroxyl groups is 1. The first-order valence-corrected chi connectivity index (χ1v) is 11.7. The molecule has 6 heteroatoms. The largest absolute Gasteiger partial charge is 0.496 e. The number of para-hydroxylation sites is 1. The maximum absolute atomic E-state index is 9.70. The van der Waals surface area contributed by atoms with Crippen molar-refractivity contribution in [3.63, 3.8) is 0 Å². The van der Waals surface area contributed by atoms with Crippen LogP contribution in [0.15, 0.2) is 42.5 Å². The first-order chi connectivity index (χ1) is 15.7. The van der Waals surface area contributed by atoms with Crippen LogP contribution in [0.5, 0.6) is 11.5 Å². The number of hydrogen-bond acceptors (Lipinski definition) is 6. The standard InChI is InChI=1S/C26H38N2O4/c1-4-31-20-23-16-21(10-11-25(23)30-3)17-27-13-14-28(24(19-27)12-15-29)18-22-8-6-7-9-26(22)32-5-2/h6-11,16,24,29H,4-5,12-15,17-20H2,1-3H3/t24-/m0/s1. The Morgan fingerprint density at radius 1 is 0.969 bits per heavy atom. The second-order valence-corrected chi connectivity index (χ2v) is 8.20. The van der Waals surface area contributed by atoms with Crippen LogP contribution in [0.4, 0.5) is 0 Å². The Bertz CT molecular complexity index is 829. The average Bonchev–Trinajstić information content (AvgIpc) is 2.81. The Morgan fingerprint density at radius 2 is 1.81 bits per heavy atom. The van der Waals surface area contributed by atoms with Crippen LogP contribution in [0.3, 0.4) is 0 Å². The number of ether oxygens (including phenoxy) is 3. The molecule has 0 aromatic heterocycles. The molecule has 2 aromatic carbocycles. The molecule has 1 aliphatic rings. The summed E-state index contributed by atoms with van der Waals surface area (Å²) in [5.41, 5.74) is 3.56. The van der Waals surface area contributed by atoms with Gasteiger partial charge in [0.05, 0.1) is 20.3 Å². The van der Waals surface area contributed by atoms with Gasteiger partial charge in [-0.15, -0.1) is 0 Å². The molecule has 1 fully saturated rings. The number of rotatable bonds is 12.